The Kier molecular flexibility index (Phi) is 8.63. The van der Waals surface area contributed by atoms with Gasteiger partial charge in [0, 0.05) is 50.5 Å². The highest BCUT2D eigenvalue weighted by atomic mass is 35.5. The molecule has 0 radical (unpaired) electrons. The summed E-state index contributed by atoms with van der Waals surface area (Å²) >= 11 is 7.82. The summed E-state index contributed by atoms with van der Waals surface area (Å²) in [6.45, 7) is 4.18. The van der Waals surface area contributed by atoms with Gasteiger partial charge in [-0.1, -0.05) is 35.9 Å². The first-order chi connectivity index (χ1) is 17.4. The molecular weight excluding hydrogens is 490 g/mol. The Morgan fingerprint density at radius 1 is 1.28 bits per heavy atom. The van der Waals surface area contributed by atoms with Crippen LogP contribution in [0.25, 0.3) is 0 Å². The highest BCUT2D eigenvalue weighted by molar-refractivity contribution is 7.97. The molecule has 8 heteroatoms. The Bertz CT molecular complexity index is 1250. The molecule has 188 valence electrons. The number of halogens is 1. The maximum atomic E-state index is 13.6. The molecule has 1 atom stereocenters. The van der Waals surface area contributed by atoms with Crippen molar-refractivity contribution in [1.29, 1.82) is 5.26 Å². The number of hydrogen-bond acceptors (Lipinski definition) is 5. The van der Waals surface area contributed by atoms with E-state index < -0.39 is 6.04 Å². The number of fused-ring (bicyclic) bond motifs is 1. The van der Waals surface area contributed by atoms with Crippen LogP contribution in [-0.2, 0) is 24.3 Å². The van der Waals surface area contributed by atoms with Crippen molar-refractivity contribution in [3.8, 4) is 6.07 Å². The molecule has 2 heterocycles. The van der Waals surface area contributed by atoms with Crippen molar-refractivity contribution >= 4 is 35.1 Å². The van der Waals surface area contributed by atoms with E-state index in [9.17, 15) is 10.1 Å². The number of hydrogen-bond donors (Lipinski definition) is 1. The van der Waals surface area contributed by atoms with E-state index >= 15 is 0 Å². The maximum Gasteiger partial charge on any atom is 0.240 e. The summed E-state index contributed by atoms with van der Waals surface area (Å²) in [5.74, 6) is 0.00714. The van der Waals surface area contributed by atoms with Gasteiger partial charge in [0.1, 0.15) is 11.8 Å². The number of likely N-dealkylation sites (N-methyl/N-ethyl adjacent to an activating group) is 1. The van der Waals surface area contributed by atoms with Crippen LogP contribution in [-0.4, -0.2) is 42.1 Å². The fraction of sp³-hybridized carbons (Fsp3) is 0.357. The first-order valence-electron chi connectivity index (χ1n) is 12.2. The lowest BCUT2D eigenvalue weighted by atomic mass is 9.99. The van der Waals surface area contributed by atoms with Crippen molar-refractivity contribution in [3.05, 3.63) is 82.1 Å². The minimum absolute atomic E-state index is 0.00714. The Balaban J connectivity index is 1.49. The number of aromatic nitrogens is 1. The van der Waals surface area contributed by atoms with Crippen molar-refractivity contribution in [1.82, 2.24) is 14.2 Å². The molecule has 1 aliphatic rings. The molecule has 6 nitrogen and oxygen atoms in total. The summed E-state index contributed by atoms with van der Waals surface area (Å²) in [5.41, 5.74) is 5.40. The molecule has 0 fully saturated rings. The predicted molar refractivity (Wildman–Crippen MR) is 147 cm³/mol. The van der Waals surface area contributed by atoms with E-state index in [4.69, 9.17) is 11.6 Å². The van der Waals surface area contributed by atoms with Gasteiger partial charge in [-0.15, -0.1) is 0 Å². The average molecular weight is 522 g/mol. The summed E-state index contributed by atoms with van der Waals surface area (Å²) in [6.07, 6.45) is 4.63. The first-order valence-corrected chi connectivity index (χ1v) is 13.4. The lowest BCUT2D eigenvalue weighted by Crippen LogP contribution is -2.43. The number of nitrogens with one attached hydrogen (secondary N) is 1. The maximum absolute atomic E-state index is 13.6. The predicted octanol–water partition coefficient (Wildman–Crippen LogP) is 5.42. The quantitative estimate of drug-likeness (QED) is 0.381. The second-order valence-corrected chi connectivity index (χ2v) is 10.6. The Morgan fingerprint density at radius 3 is 2.89 bits per heavy atom. The van der Waals surface area contributed by atoms with Crippen LogP contribution >= 0.6 is 23.5 Å². The fourth-order valence-corrected chi connectivity index (χ4v) is 5.85. The topological polar surface area (TPSA) is 64.3 Å². The number of aryl methyl sites for hydroxylation is 3. The third-order valence-corrected chi connectivity index (χ3v) is 8.23. The summed E-state index contributed by atoms with van der Waals surface area (Å²) in [4.78, 5) is 18.6. The molecule has 1 aromatic heterocycles. The fourth-order valence-electron chi connectivity index (χ4n) is 4.64. The Labute approximate surface area is 223 Å². The van der Waals surface area contributed by atoms with Crippen LogP contribution in [0.4, 0.5) is 5.69 Å². The minimum atomic E-state index is -0.451. The molecule has 3 aromatic rings. The zero-order chi connectivity index (χ0) is 25.7. The second kappa shape index (κ2) is 11.9. The number of carbonyl (C=O) groups is 1. The summed E-state index contributed by atoms with van der Waals surface area (Å²) < 4.78 is 5.26. The second-order valence-electron chi connectivity index (χ2n) is 9.33. The molecule has 36 heavy (non-hydrogen) atoms. The van der Waals surface area contributed by atoms with Gasteiger partial charge in [0.05, 0.1) is 11.1 Å². The molecule has 0 bridgehead atoms. The van der Waals surface area contributed by atoms with Gasteiger partial charge in [-0.3, -0.25) is 4.79 Å². The zero-order valence-electron chi connectivity index (χ0n) is 21.0. The van der Waals surface area contributed by atoms with Crippen LogP contribution in [0, 0.1) is 18.3 Å². The molecule has 2 aromatic carbocycles. The van der Waals surface area contributed by atoms with Crippen LogP contribution in [0.15, 0.2) is 59.6 Å². The molecule has 0 aliphatic carbocycles. The smallest absolute Gasteiger partial charge is 0.240 e. The van der Waals surface area contributed by atoms with Crippen molar-refractivity contribution in [3.63, 3.8) is 0 Å². The number of nitriles is 1. The third-order valence-electron chi connectivity index (χ3n) is 6.66. The van der Waals surface area contributed by atoms with Crippen LogP contribution in [0.3, 0.4) is 0 Å². The van der Waals surface area contributed by atoms with Crippen LogP contribution in [0.1, 0.15) is 35.2 Å². The van der Waals surface area contributed by atoms with E-state index in [1.807, 2.05) is 49.0 Å². The number of amides is 1. The molecule has 1 unspecified atom stereocenters. The van der Waals surface area contributed by atoms with E-state index in [-0.39, 0.29) is 5.91 Å². The number of rotatable bonds is 9. The lowest BCUT2D eigenvalue weighted by molar-refractivity contribution is -0.132. The van der Waals surface area contributed by atoms with Crippen LogP contribution in [0.2, 0.25) is 5.02 Å². The lowest BCUT2D eigenvalue weighted by Gasteiger charge is -2.29. The number of nitrogens with zero attached hydrogens (tertiary/aromatic N) is 4. The van der Waals surface area contributed by atoms with Gasteiger partial charge in [0.15, 0.2) is 0 Å². The van der Waals surface area contributed by atoms with Crippen molar-refractivity contribution in [2.75, 3.05) is 25.5 Å². The van der Waals surface area contributed by atoms with Gasteiger partial charge in [0.25, 0.3) is 0 Å². The Morgan fingerprint density at radius 2 is 2.11 bits per heavy atom. The molecule has 0 spiro atoms. The highest BCUT2D eigenvalue weighted by Crippen LogP contribution is 2.30. The molecule has 1 aliphatic heterocycles. The molecule has 4 rings (SSSR count). The van der Waals surface area contributed by atoms with Crippen LogP contribution in [0.5, 0.6) is 0 Å². The molecule has 1 N–H and O–H groups in total. The summed E-state index contributed by atoms with van der Waals surface area (Å²) in [6, 6.07) is 17.7. The van der Waals surface area contributed by atoms with Crippen molar-refractivity contribution < 1.29 is 4.79 Å². The number of benzene rings is 2. The van der Waals surface area contributed by atoms with E-state index in [1.54, 1.807) is 11.0 Å². The minimum Gasteiger partial charge on any atom is -0.374 e. The average Bonchev–Trinajstić information content (AvgIpc) is 3.33. The monoisotopic (exact) mass is 521 g/mol. The van der Waals surface area contributed by atoms with E-state index in [0.29, 0.717) is 30.2 Å². The van der Waals surface area contributed by atoms with Gasteiger partial charge in [-0.2, -0.15) is 5.26 Å². The van der Waals surface area contributed by atoms with E-state index in [2.05, 4.69) is 40.9 Å². The van der Waals surface area contributed by atoms with Gasteiger partial charge < -0.3 is 14.4 Å². The largest absolute Gasteiger partial charge is 0.374 e. The normalized spacial score (nSPS) is 13.7. The number of anilines is 1. The van der Waals surface area contributed by atoms with Gasteiger partial charge in [-0.25, -0.2) is 4.72 Å². The van der Waals surface area contributed by atoms with Crippen molar-refractivity contribution in [2.24, 2.45) is 0 Å². The zero-order valence-corrected chi connectivity index (χ0v) is 22.6. The van der Waals surface area contributed by atoms with E-state index in [0.717, 1.165) is 35.4 Å². The van der Waals surface area contributed by atoms with E-state index in [1.165, 1.54) is 23.2 Å². The van der Waals surface area contributed by atoms with Crippen molar-refractivity contribution in [2.45, 2.75) is 50.2 Å². The summed E-state index contributed by atoms with van der Waals surface area (Å²) in [5, 5.41) is 10.0. The van der Waals surface area contributed by atoms with Gasteiger partial charge in [0.2, 0.25) is 5.91 Å². The molecule has 0 saturated carbocycles. The van der Waals surface area contributed by atoms with Gasteiger partial charge >= 0.3 is 0 Å². The first kappa shape index (κ1) is 26.2. The third kappa shape index (κ3) is 6.07. The van der Waals surface area contributed by atoms with Crippen LogP contribution < -0.4 is 9.62 Å². The highest BCUT2D eigenvalue weighted by Gasteiger charge is 2.24. The van der Waals surface area contributed by atoms with Gasteiger partial charge in [-0.05, 0) is 79.1 Å². The molecule has 1 amide bonds. The Hall–Kier alpha value is -2.92. The standard InChI is InChI=1S/C28H32ClN5OS/c1-20-7-4-10-24(29)27(20)36-31-25(13-16-34-15-6-9-23(34)18-30)28(35)33(3)19-21-11-12-26-22(17-21)8-5-14-32(26)2/h4,6-7,9-12,15,17,25,31H,5,8,13-14,16,19H2,1-3H3. The molecule has 0 saturated heterocycles. The number of carbonyl (C=O) groups excluding carboxylic acids is 1. The summed E-state index contributed by atoms with van der Waals surface area (Å²) in [7, 11) is 3.98. The molecular formula is C28H32ClN5OS. The SMILES string of the molecule is Cc1cccc(Cl)c1SNC(CCn1cccc1C#N)C(=O)N(C)Cc1ccc2c(c1)CCCN2C.